The van der Waals surface area contributed by atoms with Gasteiger partial charge in [0, 0.05) is 86.1 Å². The van der Waals surface area contributed by atoms with Crippen molar-refractivity contribution in [1.82, 2.24) is 9.13 Å². The van der Waals surface area contributed by atoms with E-state index in [1.54, 1.807) is 0 Å². The topological polar surface area (TPSA) is 16.3 Å². The van der Waals surface area contributed by atoms with Crippen LogP contribution in [0.5, 0.6) is 0 Å². The zero-order valence-corrected chi connectivity index (χ0v) is 87.3. The number of benzene rings is 13. The molecule has 0 aliphatic carbocycles. The van der Waals surface area contributed by atoms with Crippen molar-refractivity contribution in [3.8, 4) is 55.9 Å². The van der Waals surface area contributed by atoms with Crippen LogP contribution in [0.2, 0.25) is 0 Å². The van der Waals surface area contributed by atoms with Gasteiger partial charge in [0.2, 0.25) is 0 Å². The van der Waals surface area contributed by atoms with Gasteiger partial charge in [0.1, 0.15) is 0 Å². The van der Waals surface area contributed by atoms with Crippen LogP contribution in [-0.4, -0.2) is 15.8 Å². The third-order valence-electron chi connectivity index (χ3n) is 26.7. The van der Waals surface area contributed by atoms with Crippen LogP contribution in [0, 0.1) is 37.9 Å². The zero-order chi connectivity index (χ0) is 102. The van der Waals surface area contributed by atoms with Gasteiger partial charge < -0.3 is 18.9 Å². The highest BCUT2D eigenvalue weighted by Gasteiger charge is 2.47. The Bertz CT molecular complexity index is 6700. The lowest BCUT2D eigenvalue weighted by molar-refractivity contribution is 0.411. The molecule has 0 N–H and O–H groups in total. The Kier molecular flexibility index (Phi) is 21.8. The third-order valence-corrected chi connectivity index (χ3v) is 26.7. The predicted octanol–water partition coefficient (Wildman–Crippen LogP) is 34.9. The number of anilines is 6. The van der Waals surface area contributed by atoms with E-state index < -0.39 is 42.1 Å². The molecule has 15 aromatic rings. The van der Waals surface area contributed by atoms with Gasteiger partial charge in [-0.2, -0.15) is 0 Å². The monoisotopic (exact) mass is 1780 g/mol. The minimum absolute atomic E-state index is 0.0182. The fourth-order valence-electron chi connectivity index (χ4n) is 21.2. The first-order valence-corrected chi connectivity index (χ1v) is 49.6. The summed E-state index contributed by atoms with van der Waals surface area (Å²) in [6, 6.07) is 92.4. The molecule has 0 spiro atoms. The average molecular weight is 1780 g/mol. The van der Waals surface area contributed by atoms with Crippen molar-refractivity contribution in [2.45, 2.75) is 295 Å². The maximum Gasteiger partial charge on any atom is 0.252 e. The van der Waals surface area contributed by atoms with Crippen LogP contribution < -0.4 is 26.2 Å². The minimum Gasteiger partial charge on any atom is -0.310 e. The van der Waals surface area contributed by atoms with E-state index in [-0.39, 0.29) is 43.3 Å². The van der Waals surface area contributed by atoms with Crippen LogP contribution in [-0.2, 0) is 66.5 Å². The highest BCUT2D eigenvalue weighted by molar-refractivity contribution is 7.00. The molecule has 692 valence electrons. The van der Waals surface area contributed by atoms with Crippen molar-refractivity contribution in [3.63, 3.8) is 0 Å². The summed E-state index contributed by atoms with van der Waals surface area (Å²) < 4.78 is 70.8. The van der Waals surface area contributed by atoms with E-state index in [1.807, 2.05) is 62.3 Å². The zero-order valence-electron chi connectivity index (χ0n) is 93.3. The van der Waals surface area contributed by atoms with Gasteiger partial charge in [-0.3, -0.25) is 0 Å². The molecule has 4 heterocycles. The molecule has 0 saturated heterocycles. The van der Waals surface area contributed by atoms with Crippen molar-refractivity contribution in [2.24, 2.45) is 37.9 Å². The second-order valence-electron chi connectivity index (χ2n) is 51.8. The van der Waals surface area contributed by atoms with Crippen molar-refractivity contribution in [1.29, 1.82) is 0 Å². The number of nitrogens with zero attached hydrogens (tertiary/aromatic N) is 4. The molecule has 0 bridgehead atoms. The Morgan fingerprint density at radius 3 is 0.709 bits per heavy atom. The van der Waals surface area contributed by atoms with Crippen molar-refractivity contribution >= 4 is 101 Å². The molecule has 5 heteroatoms. The predicted molar refractivity (Wildman–Crippen MR) is 588 cm³/mol. The molecule has 17 rings (SSSR count). The second-order valence-corrected chi connectivity index (χ2v) is 51.8. The molecule has 2 aromatic heterocycles. The molecule has 0 saturated carbocycles. The number of fused-ring (bicyclic) bond motifs is 10. The number of hydrogen-bond donors (Lipinski definition) is 0. The lowest BCUT2D eigenvalue weighted by Gasteiger charge is -2.46. The number of aromatic nitrogens is 2. The van der Waals surface area contributed by atoms with E-state index in [0.717, 1.165) is 176 Å². The van der Waals surface area contributed by atoms with E-state index in [9.17, 15) is 8.22 Å². The first-order valence-electron chi connectivity index (χ1n) is 52.6. The maximum atomic E-state index is 11.4. The van der Waals surface area contributed by atoms with Crippen LogP contribution in [0.4, 0.5) is 34.1 Å². The number of hydrogen-bond acceptors (Lipinski definition) is 2. The first kappa shape index (κ1) is 87.2. The van der Waals surface area contributed by atoms with Gasteiger partial charge in [-0.05, 0) is 313 Å². The fourth-order valence-corrected chi connectivity index (χ4v) is 21.2. The van der Waals surface area contributed by atoms with Crippen LogP contribution in [0.15, 0.2) is 243 Å². The molecule has 4 nitrogen and oxygen atoms in total. The first-order chi connectivity index (χ1) is 64.5. The third kappa shape index (κ3) is 19.7. The molecular weight excluding hydrogens is 1620 g/mol. The SMILES string of the molecule is [2H]C([2H])(c1cc(-c2cccc(C(C)(C)C)c2)c(N2c3cc(-n4c5ccc(CC(C)(C)C)cc5c5cc(CC(C)(C)C)ccc54)ccc3B3c4ccc(-n5c6ccc(CC(C)(C)C)cc6c6cc(CC(C)(C)C)ccc65)cc4N(c4c(-c5cccc(C(C)(C)C)c5)cc(C([2H])([2H])C(C)(C)C)cc4-c4cccc(C(C)(C)C)c4)c4cc(C([2H])([2H])C(C)(C)C)cc2c43)c(-c2cccc(C(C)(C)C)c2)c1)C(C)(C)C. The van der Waals surface area contributed by atoms with Crippen LogP contribution in [0.25, 0.3) is 99.5 Å². The highest BCUT2D eigenvalue weighted by Crippen LogP contribution is 2.57. The van der Waals surface area contributed by atoms with Gasteiger partial charge >= 0.3 is 0 Å². The molecule has 0 unspecified atom stereocenters. The summed E-state index contributed by atoms with van der Waals surface area (Å²) in [5.74, 6) is 0. The Balaban J connectivity index is 1.14. The van der Waals surface area contributed by atoms with E-state index in [1.165, 1.54) is 43.8 Å². The molecule has 0 atom stereocenters. The summed E-state index contributed by atoms with van der Waals surface area (Å²) in [7, 11) is 0. The maximum absolute atomic E-state index is 11.4. The van der Waals surface area contributed by atoms with Gasteiger partial charge in [-0.15, -0.1) is 0 Å². The molecule has 13 aromatic carbocycles. The highest BCUT2D eigenvalue weighted by atomic mass is 15.2. The average Bonchev–Trinajstić information content (AvgIpc) is 0.776. The van der Waals surface area contributed by atoms with Gasteiger partial charge in [0.05, 0.1) is 33.4 Å². The standard InChI is InChI=1S/C129H153BN4/c1-119(2,3)74-81-46-54-108-102(58-81)103-59-82(75-120(4,5)6)47-55-109(103)131(108)96-50-52-106-112(72-96)133(117-98(88-38-34-42-92(68-88)126(22,23)24)62-85(78-123(13,14)15)63-99(117)89-39-35-43-93(69-89)127(25,26)27)114-66-87(80-125(19,20)21)67-115-116(114)130(106)107-53-51-97(132-110-56-48-83(76-121(7,8)9)60-104(110)105-61-84(49-57-111(105)132)77-122(10,11)12)73-113(107)134(115)118-100(90-40-36-44-94(70-90)128(28,29)30)64-86(79-124(16,17)18)65-101(118)91-41-37-45-95(71-91)129(31,32)33/h34-73H,74-80H2,1-33H3/i78D2,79D2,80D2. The normalized spacial score (nSPS) is 14.9. The smallest absolute Gasteiger partial charge is 0.252 e. The molecule has 0 fully saturated rings. The molecule has 2 aliphatic rings. The lowest BCUT2D eigenvalue weighted by atomic mass is 9.33. The van der Waals surface area contributed by atoms with Crippen molar-refractivity contribution in [3.05, 3.63) is 304 Å². The lowest BCUT2D eigenvalue weighted by Crippen LogP contribution is -2.61. The molecular formula is C129H153BN4. The summed E-state index contributed by atoms with van der Waals surface area (Å²) in [5, 5.41) is 4.76. The minimum atomic E-state index is -2.07. The van der Waals surface area contributed by atoms with E-state index >= 15 is 0 Å². The molecule has 0 amide bonds. The molecule has 0 radical (unpaired) electrons. The van der Waals surface area contributed by atoms with Crippen LogP contribution >= 0.6 is 0 Å². The molecule has 134 heavy (non-hydrogen) atoms. The fraction of sp³-hybridized carbons (Fsp3) is 0.395. The largest absolute Gasteiger partial charge is 0.310 e. The van der Waals surface area contributed by atoms with Gasteiger partial charge in [0.25, 0.3) is 6.71 Å². The Hall–Kier alpha value is -10.9. The quantitative estimate of drug-likeness (QED) is 0.0951. The molecule has 2 aliphatic heterocycles. The summed E-state index contributed by atoms with van der Waals surface area (Å²) in [5.41, 5.74) is 28.5. The Morgan fingerprint density at radius 2 is 0.478 bits per heavy atom. The van der Waals surface area contributed by atoms with Gasteiger partial charge in [0.15, 0.2) is 0 Å². The van der Waals surface area contributed by atoms with Crippen molar-refractivity contribution < 1.29 is 8.22 Å². The van der Waals surface area contributed by atoms with Crippen LogP contribution in [0.3, 0.4) is 0 Å². The van der Waals surface area contributed by atoms with Gasteiger partial charge in [-0.25, -0.2) is 0 Å². The second kappa shape index (κ2) is 33.5. The van der Waals surface area contributed by atoms with Crippen LogP contribution in [0.1, 0.15) is 298 Å². The van der Waals surface area contributed by atoms with E-state index in [4.69, 9.17) is 0 Å². The Morgan fingerprint density at radius 1 is 0.231 bits per heavy atom. The summed E-state index contributed by atoms with van der Waals surface area (Å²) in [4.78, 5) is 5.09. The van der Waals surface area contributed by atoms with Crippen molar-refractivity contribution in [2.75, 3.05) is 9.80 Å². The summed E-state index contributed by atoms with van der Waals surface area (Å²) in [6.45, 7) is 72.9. The summed E-state index contributed by atoms with van der Waals surface area (Å²) in [6.07, 6.45) is -2.30. The summed E-state index contributed by atoms with van der Waals surface area (Å²) >= 11 is 0. The van der Waals surface area contributed by atoms with E-state index in [0.29, 0.717) is 16.7 Å². The van der Waals surface area contributed by atoms with E-state index in [2.05, 4.69) is 428 Å². The van der Waals surface area contributed by atoms with Gasteiger partial charge in [-0.1, -0.05) is 362 Å². The Labute approximate surface area is 815 Å². The number of rotatable bonds is 15.